The van der Waals surface area contributed by atoms with Crippen molar-refractivity contribution in [3.05, 3.63) is 47.1 Å². The fraction of sp³-hybridized carbons (Fsp3) is 0.360. The molecular weight excluding hydrogens is 558 g/mol. The zero-order chi connectivity index (χ0) is 27.0. The molecule has 0 saturated carbocycles. The lowest BCUT2D eigenvalue weighted by molar-refractivity contribution is 0.0543. The van der Waals surface area contributed by atoms with Gasteiger partial charge in [-0.15, -0.1) is 0 Å². The molecule has 3 aromatic heterocycles. The number of halogens is 1. The number of hydrogen-bond acceptors (Lipinski definition) is 8. The van der Waals surface area contributed by atoms with Gasteiger partial charge in [0.2, 0.25) is 0 Å². The molecule has 0 aliphatic carbocycles. The number of piperidine rings is 1. The Balaban J connectivity index is 1.35. The summed E-state index contributed by atoms with van der Waals surface area (Å²) in [4.78, 5) is 54.8. The van der Waals surface area contributed by atoms with Crippen LogP contribution in [0.5, 0.6) is 0 Å². The van der Waals surface area contributed by atoms with E-state index >= 15 is 0 Å². The molecule has 0 radical (unpaired) electrons. The van der Waals surface area contributed by atoms with Crippen molar-refractivity contribution < 1.29 is 24.2 Å². The average molecular weight is 582 g/mol. The maximum absolute atomic E-state index is 13.4. The van der Waals surface area contributed by atoms with Gasteiger partial charge in [-0.25, -0.2) is 43.4 Å². The van der Waals surface area contributed by atoms with Crippen molar-refractivity contribution in [3.63, 3.8) is 0 Å². The number of imidazole rings is 1. The minimum absolute atomic E-state index is 0.324. The third kappa shape index (κ3) is 3.48. The van der Waals surface area contributed by atoms with Crippen LogP contribution in [-0.4, -0.2) is 71.0 Å². The molecule has 5 heterocycles. The highest BCUT2D eigenvalue weighted by Gasteiger charge is 2.56. The molecule has 1 N–H and O–H groups in total. The lowest BCUT2D eigenvalue weighted by Crippen LogP contribution is -2.53. The van der Waals surface area contributed by atoms with Crippen LogP contribution in [-0.2, 0) is 10.3 Å². The summed E-state index contributed by atoms with van der Waals surface area (Å²) in [5.41, 5.74) is -0.174. The predicted octanol–water partition coefficient (Wildman–Crippen LogP) is 4.78. The SMILES string of the molecule is CC(C)(C)OC(=O)n1ccc2c(N3CCC4(CC3)c3nc5c(Br)cccc5n3C(=O)N4C(=O)O)ncnc21. The summed E-state index contributed by atoms with van der Waals surface area (Å²) < 4.78 is 8.98. The maximum Gasteiger partial charge on any atom is 0.420 e. The number of ether oxygens (including phenoxy) is 1. The molecule has 1 saturated heterocycles. The van der Waals surface area contributed by atoms with Crippen molar-refractivity contribution in [3.8, 4) is 0 Å². The van der Waals surface area contributed by atoms with E-state index in [2.05, 4.69) is 25.9 Å². The van der Waals surface area contributed by atoms with Crippen LogP contribution in [0.3, 0.4) is 0 Å². The van der Waals surface area contributed by atoms with Crippen molar-refractivity contribution in [1.29, 1.82) is 0 Å². The summed E-state index contributed by atoms with van der Waals surface area (Å²) in [6, 6.07) is 6.52. The lowest BCUT2D eigenvalue weighted by Gasteiger charge is -2.41. The van der Waals surface area contributed by atoms with E-state index in [1.165, 1.54) is 15.5 Å². The van der Waals surface area contributed by atoms with Gasteiger partial charge in [0, 0.05) is 23.8 Å². The highest BCUT2D eigenvalue weighted by atomic mass is 79.9. The quantitative estimate of drug-likeness (QED) is 0.336. The van der Waals surface area contributed by atoms with E-state index in [1.807, 2.05) is 11.0 Å². The van der Waals surface area contributed by atoms with Crippen LogP contribution >= 0.6 is 15.9 Å². The summed E-state index contributed by atoms with van der Waals surface area (Å²) >= 11 is 3.49. The molecule has 6 rings (SSSR count). The average Bonchev–Trinajstić information content (AvgIpc) is 3.51. The Labute approximate surface area is 224 Å². The molecule has 0 unspecified atom stereocenters. The van der Waals surface area contributed by atoms with Crippen LogP contribution in [0.15, 0.2) is 41.3 Å². The molecule has 2 aliphatic heterocycles. The summed E-state index contributed by atoms with van der Waals surface area (Å²) in [6.07, 6.45) is 1.79. The largest absolute Gasteiger partial charge is 0.465 e. The second-order valence-electron chi connectivity index (χ2n) is 10.4. The Kier molecular flexibility index (Phi) is 5.29. The molecule has 12 nitrogen and oxygen atoms in total. The van der Waals surface area contributed by atoms with Crippen LogP contribution in [0, 0.1) is 0 Å². The molecule has 1 aromatic carbocycles. The van der Waals surface area contributed by atoms with Crippen molar-refractivity contribution in [2.24, 2.45) is 0 Å². The van der Waals surface area contributed by atoms with Crippen LogP contribution in [0.25, 0.3) is 22.1 Å². The molecule has 2 aliphatic rings. The molecule has 2 amide bonds. The number of rotatable bonds is 1. The Morgan fingerprint density at radius 2 is 1.87 bits per heavy atom. The molecule has 1 spiro atoms. The van der Waals surface area contributed by atoms with E-state index in [0.29, 0.717) is 59.6 Å². The monoisotopic (exact) mass is 581 g/mol. The van der Waals surface area contributed by atoms with Gasteiger partial charge in [0.15, 0.2) is 5.65 Å². The van der Waals surface area contributed by atoms with Gasteiger partial charge < -0.3 is 14.7 Å². The zero-order valence-corrected chi connectivity index (χ0v) is 22.5. The maximum atomic E-state index is 13.4. The van der Waals surface area contributed by atoms with Gasteiger partial charge in [0.1, 0.15) is 34.6 Å². The number of hydrogen-bond donors (Lipinski definition) is 1. The predicted molar refractivity (Wildman–Crippen MR) is 140 cm³/mol. The number of carbonyl (C=O) groups is 3. The van der Waals surface area contributed by atoms with Gasteiger partial charge >= 0.3 is 18.2 Å². The zero-order valence-electron chi connectivity index (χ0n) is 20.9. The Hall–Kier alpha value is -4.00. The fourth-order valence-electron chi connectivity index (χ4n) is 5.40. The first-order valence-corrected chi connectivity index (χ1v) is 12.9. The number of carboxylic acid groups (broad SMARTS) is 1. The van der Waals surface area contributed by atoms with Gasteiger partial charge in [-0.3, -0.25) is 0 Å². The first-order valence-electron chi connectivity index (χ1n) is 12.1. The minimum atomic E-state index is -1.31. The number of fused-ring (bicyclic) bond motifs is 5. The molecule has 196 valence electrons. The molecular formula is C25H24BrN7O5. The summed E-state index contributed by atoms with van der Waals surface area (Å²) in [5, 5.41) is 10.7. The number of benzene rings is 1. The number of amides is 2. The summed E-state index contributed by atoms with van der Waals surface area (Å²) in [6.45, 7) is 6.20. The smallest absolute Gasteiger partial charge is 0.420 e. The first kappa shape index (κ1) is 24.3. The van der Waals surface area contributed by atoms with Crippen molar-refractivity contribution in [1.82, 2.24) is 29.0 Å². The highest BCUT2D eigenvalue weighted by Crippen LogP contribution is 2.46. The van der Waals surface area contributed by atoms with E-state index in [9.17, 15) is 19.5 Å². The Bertz CT molecular complexity index is 1650. The second-order valence-corrected chi connectivity index (χ2v) is 11.3. The van der Waals surface area contributed by atoms with E-state index < -0.39 is 29.4 Å². The molecule has 38 heavy (non-hydrogen) atoms. The molecule has 0 bridgehead atoms. The summed E-state index contributed by atoms with van der Waals surface area (Å²) in [5.74, 6) is 1.05. The fourth-order valence-corrected chi connectivity index (χ4v) is 5.85. The van der Waals surface area contributed by atoms with E-state index in [-0.39, 0.29) is 0 Å². The lowest BCUT2D eigenvalue weighted by atomic mass is 9.86. The van der Waals surface area contributed by atoms with Crippen LogP contribution < -0.4 is 4.90 Å². The minimum Gasteiger partial charge on any atom is -0.465 e. The second kappa shape index (κ2) is 8.25. The number of carbonyl (C=O) groups excluding carboxylic acids is 2. The molecule has 0 atom stereocenters. The number of imide groups is 1. The van der Waals surface area contributed by atoms with Gasteiger partial charge in [0.05, 0.1) is 10.9 Å². The number of para-hydroxylation sites is 1. The van der Waals surface area contributed by atoms with E-state index in [4.69, 9.17) is 9.72 Å². The van der Waals surface area contributed by atoms with Crippen LogP contribution in [0.4, 0.5) is 20.2 Å². The number of anilines is 1. The third-order valence-electron chi connectivity index (χ3n) is 6.99. The normalized spacial score (nSPS) is 17.0. The summed E-state index contributed by atoms with van der Waals surface area (Å²) in [7, 11) is 0. The molecule has 1 fully saturated rings. The van der Waals surface area contributed by atoms with Gasteiger partial charge in [-0.05, 0) is 67.7 Å². The van der Waals surface area contributed by atoms with Crippen LogP contribution in [0.1, 0.15) is 39.4 Å². The van der Waals surface area contributed by atoms with Crippen LogP contribution in [0.2, 0.25) is 0 Å². The van der Waals surface area contributed by atoms with Gasteiger partial charge in [-0.2, -0.15) is 0 Å². The highest BCUT2D eigenvalue weighted by molar-refractivity contribution is 9.10. The molecule has 13 heteroatoms. The Morgan fingerprint density at radius 3 is 2.55 bits per heavy atom. The number of nitrogens with zero attached hydrogens (tertiary/aromatic N) is 7. The standard InChI is InChI=1S/C25H24BrN7O5/c1-24(2,3)38-23(37)31-10-7-14-18(27-13-28-19(14)31)30-11-8-25(9-12-30)20-29-17-15(26)5-4-6-16(17)32(20)21(34)33(25)22(35)36/h4-7,10,13H,8-9,11-12H2,1-3H3,(H,35,36). The first-order chi connectivity index (χ1) is 18.0. The molecule has 4 aromatic rings. The van der Waals surface area contributed by atoms with Crippen molar-refractivity contribution in [2.75, 3.05) is 18.0 Å². The number of aromatic nitrogens is 5. The topological polar surface area (TPSA) is 136 Å². The van der Waals surface area contributed by atoms with Gasteiger partial charge in [-0.1, -0.05) is 6.07 Å². The van der Waals surface area contributed by atoms with Crippen molar-refractivity contribution >= 4 is 62.0 Å². The van der Waals surface area contributed by atoms with E-state index in [0.717, 1.165) is 9.37 Å². The van der Waals surface area contributed by atoms with E-state index in [1.54, 1.807) is 45.2 Å². The Morgan fingerprint density at radius 1 is 1.13 bits per heavy atom. The third-order valence-corrected chi connectivity index (χ3v) is 7.63. The van der Waals surface area contributed by atoms with Gasteiger partial charge in [0.25, 0.3) is 0 Å². The van der Waals surface area contributed by atoms with Crippen molar-refractivity contribution in [2.45, 2.75) is 44.8 Å².